The molecular weight excluding hydrogens is 314 g/mol. The molecule has 0 atom stereocenters. The molecule has 0 bridgehead atoms. The maximum Gasteiger partial charge on any atom is 0.316 e. The molecule has 3 heterocycles. The second-order valence-electron chi connectivity index (χ2n) is 6.25. The molecule has 6 nitrogen and oxygen atoms in total. The van der Waals surface area contributed by atoms with E-state index in [-0.39, 0.29) is 6.10 Å². The van der Waals surface area contributed by atoms with Gasteiger partial charge in [0.05, 0.1) is 5.69 Å². The van der Waals surface area contributed by atoms with Gasteiger partial charge in [0.25, 0.3) is 0 Å². The molecule has 0 N–H and O–H groups in total. The van der Waals surface area contributed by atoms with Gasteiger partial charge in [-0.25, -0.2) is 14.6 Å². The van der Waals surface area contributed by atoms with Crippen LogP contribution in [0.2, 0.25) is 0 Å². The summed E-state index contributed by atoms with van der Waals surface area (Å²) in [6.07, 6.45) is 9.39. The van der Waals surface area contributed by atoms with Gasteiger partial charge in [-0.2, -0.15) is 5.10 Å². The summed E-state index contributed by atoms with van der Waals surface area (Å²) in [5.74, 6) is 0. The molecule has 6 heteroatoms. The van der Waals surface area contributed by atoms with Gasteiger partial charge in [-0.15, -0.1) is 0 Å². The second-order valence-corrected chi connectivity index (χ2v) is 6.25. The van der Waals surface area contributed by atoms with Crippen molar-refractivity contribution in [1.82, 2.24) is 24.6 Å². The Labute approximate surface area is 147 Å². The Bertz CT molecular complexity index is 783. The Morgan fingerprint density at radius 1 is 1.00 bits per heavy atom. The molecule has 1 aliphatic rings. The molecule has 1 fully saturated rings. The minimum Gasteiger partial charge on any atom is -0.460 e. The zero-order valence-corrected chi connectivity index (χ0v) is 14.0. The van der Waals surface area contributed by atoms with E-state index in [0.29, 0.717) is 6.01 Å². The Hall–Kier alpha value is -2.73. The lowest BCUT2D eigenvalue weighted by Crippen LogP contribution is -2.38. The first-order valence-corrected chi connectivity index (χ1v) is 8.62. The van der Waals surface area contributed by atoms with Crippen LogP contribution in [0.4, 0.5) is 0 Å². The highest BCUT2D eigenvalue weighted by Crippen LogP contribution is 2.18. The molecule has 25 heavy (non-hydrogen) atoms. The van der Waals surface area contributed by atoms with Crippen molar-refractivity contribution in [2.45, 2.75) is 25.5 Å². The lowest BCUT2D eigenvalue weighted by atomic mass is 10.1. The standard InChI is InChI=1S/C19H21N5O/c1-4-16(14-17(5-1)24-11-3-10-22-24)15-23-12-6-18(7-13-23)25-19-20-8-2-9-21-19/h1-5,8-11,14,18H,6-7,12-13,15H2. The molecule has 3 aromatic rings. The van der Waals surface area contributed by atoms with Crippen LogP contribution in [0.1, 0.15) is 18.4 Å². The molecule has 4 rings (SSSR count). The number of hydrogen-bond acceptors (Lipinski definition) is 5. The van der Waals surface area contributed by atoms with Gasteiger partial charge in [0.2, 0.25) is 0 Å². The van der Waals surface area contributed by atoms with Gasteiger partial charge in [-0.3, -0.25) is 4.90 Å². The minimum atomic E-state index is 0.203. The average molecular weight is 335 g/mol. The van der Waals surface area contributed by atoms with Gasteiger partial charge in [0.15, 0.2) is 0 Å². The van der Waals surface area contributed by atoms with E-state index in [2.05, 4.69) is 44.2 Å². The number of piperidine rings is 1. The van der Waals surface area contributed by atoms with Crippen LogP contribution in [0.5, 0.6) is 6.01 Å². The number of benzene rings is 1. The first-order valence-electron chi connectivity index (χ1n) is 8.62. The third-order valence-electron chi connectivity index (χ3n) is 4.43. The van der Waals surface area contributed by atoms with Crippen LogP contribution in [0.25, 0.3) is 5.69 Å². The summed E-state index contributed by atoms with van der Waals surface area (Å²) in [5.41, 5.74) is 2.40. The summed E-state index contributed by atoms with van der Waals surface area (Å²) >= 11 is 0. The first kappa shape index (κ1) is 15.8. The SMILES string of the molecule is c1cnc(OC2CCN(Cc3cccc(-n4cccn4)c3)CC2)nc1. The zero-order chi connectivity index (χ0) is 16.9. The van der Waals surface area contributed by atoms with Gasteiger partial charge in [0.1, 0.15) is 6.10 Å². The van der Waals surface area contributed by atoms with E-state index in [1.54, 1.807) is 24.7 Å². The summed E-state index contributed by atoms with van der Waals surface area (Å²) in [7, 11) is 0. The molecule has 1 saturated heterocycles. The largest absolute Gasteiger partial charge is 0.460 e. The van der Waals surface area contributed by atoms with Crippen molar-refractivity contribution in [3.05, 3.63) is 66.7 Å². The molecule has 0 saturated carbocycles. The van der Waals surface area contributed by atoms with E-state index in [9.17, 15) is 0 Å². The number of likely N-dealkylation sites (tertiary alicyclic amines) is 1. The third kappa shape index (κ3) is 4.03. The van der Waals surface area contributed by atoms with Crippen molar-refractivity contribution in [2.24, 2.45) is 0 Å². The van der Waals surface area contributed by atoms with E-state index in [1.165, 1.54) is 5.56 Å². The lowest BCUT2D eigenvalue weighted by Gasteiger charge is -2.31. The summed E-state index contributed by atoms with van der Waals surface area (Å²) < 4.78 is 7.75. The zero-order valence-electron chi connectivity index (χ0n) is 14.0. The van der Waals surface area contributed by atoms with Gasteiger partial charge in [-0.1, -0.05) is 12.1 Å². The second kappa shape index (κ2) is 7.44. The number of ether oxygens (including phenoxy) is 1. The summed E-state index contributed by atoms with van der Waals surface area (Å²) in [4.78, 5) is 10.7. The van der Waals surface area contributed by atoms with Crippen LogP contribution in [0, 0.1) is 0 Å². The third-order valence-corrected chi connectivity index (χ3v) is 4.43. The Balaban J connectivity index is 1.32. The molecule has 1 aliphatic heterocycles. The van der Waals surface area contributed by atoms with E-state index < -0.39 is 0 Å². The van der Waals surface area contributed by atoms with Crippen molar-refractivity contribution in [3.8, 4) is 11.7 Å². The molecule has 2 aromatic heterocycles. The van der Waals surface area contributed by atoms with Gasteiger partial charge in [-0.05, 0) is 42.7 Å². The molecular formula is C19H21N5O. The quantitative estimate of drug-likeness (QED) is 0.717. The van der Waals surface area contributed by atoms with E-state index in [1.807, 2.05) is 16.9 Å². The summed E-state index contributed by atoms with van der Waals surface area (Å²) in [5, 5.41) is 4.30. The monoisotopic (exact) mass is 335 g/mol. The average Bonchev–Trinajstić information content (AvgIpc) is 3.19. The van der Waals surface area contributed by atoms with Gasteiger partial charge < -0.3 is 4.74 Å². The summed E-state index contributed by atoms with van der Waals surface area (Å²) in [6.45, 7) is 2.98. The Kier molecular flexibility index (Phi) is 4.70. The van der Waals surface area contributed by atoms with E-state index in [4.69, 9.17) is 4.74 Å². The van der Waals surface area contributed by atoms with Crippen LogP contribution in [0.15, 0.2) is 61.2 Å². The number of hydrogen-bond donors (Lipinski definition) is 0. The maximum atomic E-state index is 5.86. The number of aromatic nitrogens is 4. The Morgan fingerprint density at radius 2 is 1.84 bits per heavy atom. The fraction of sp³-hybridized carbons (Fsp3) is 0.316. The van der Waals surface area contributed by atoms with E-state index >= 15 is 0 Å². The highest BCUT2D eigenvalue weighted by molar-refractivity contribution is 5.35. The molecule has 0 amide bonds. The van der Waals surface area contributed by atoms with Crippen molar-refractivity contribution in [3.63, 3.8) is 0 Å². The minimum absolute atomic E-state index is 0.203. The van der Waals surface area contributed by atoms with Crippen molar-refractivity contribution in [2.75, 3.05) is 13.1 Å². The van der Waals surface area contributed by atoms with Gasteiger partial charge >= 0.3 is 6.01 Å². The highest BCUT2D eigenvalue weighted by Gasteiger charge is 2.21. The fourth-order valence-electron chi connectivity index (χ4n) is 3.16. The fourth-order valence-corrected chi connectivity index (χ4v) is 3.16. The molecule has 0 unspecified atom stereocenters. The van der Waals surface area contributed by atoms with Crippen molar-refractivity contribution in [1.29, 1.82) is 0 Å². The maximum absolute atomic E-state index is 5.86. The predicted molar refractivity (Wildman–Crippen MR) is 94.5 cm³/mol. The van der Waals surface area contributed by atoms with Crippen LogP contribution in [-0.4, -0.2) is 43.8 Å². The molecule has 1 aromatic carbocycles. The van der Waals surface area contributed by atoms with Gasteiger partial charge in [0, 0.05) is 44.4 Å². The highest BCUT2D eigenvalue weighted by atomic mass is 16.5. The van der Waals surface area contributed by atoms with Crippen LogP contribution in [-0.2, 0) is 6.54 Å². The van der Waals surface area contributed by atoms with Crippen molar-refractivity contribution < 1.29 is 4.74 Å². The molecule has 0 aliphatic carbocycles. The normalized spacial score (nSPS) is 16.0. The first-order chi connectivity index (χ1) is 12.4. The molecule has 0 radical (unpaired) electrons. The predicted octanol–water partition coefficient (Wildman–Crippen LogP) is 2.71. The van der Waals surface area contributed by atoms with Crippen molar-refractivity contribution >= 4 is 0 Å². The summed E-state index contributed by atoms with van der Waals surface area (Å²) in [6, 6.07) is 12.8. The van der Waals surface area contributed by atoms with E-state index in [0.717, 1.165) is 38.2 Å². The topological polar surface area (TPSA) is 56.1 Å². The number of nitrogens with zero attached hydrogens (tertiary/aromatic N) is 5. The smallest absolute Gasteiger partial charge is 0.316 e. The van der Waals surface area contributed by atoms with Crippen LogP contribution >= 0.6 is 0 Å². The molecule has 128 valence electrons. The Morgan fingerprint density at radius 3 is 2.60 bits per heavy atom. The number of rotatable bonds is 5. The van der Waals surface area contributed by atoms with Crippen LogP contribution in [0.3, 0.4) is 0 Å². The lowest BCUT2D eigenvalue weighted by molar-refractivity contribution is 0.0892. The van der Waals surface area contributed by atoms with Crippen LogP contribution < -0.4 is 4.74 Å². The molecule has 0 spiro atoms.